The van der Waals surface area contributed by atoms with Gasteiger partial charge in [-0.25, -0.2) is 9.78 Å². The van der Waals surface area contributed by atoms with Crippen molar-refractivity contribution in [1.29, 1.82) is 5.41 Å². The fourth-order valence-electron chi connectivity index (χ4n) is 3.22. The quantitative estimate of drug-likeness (QED) is 0.517. The molecule has 1 fully saturated rings. The number of nitrogen functional groups attached to an aromatic ring is 1. The number of nitrogens with one attached hydrogen (secondary N) is 3. The van der Waals surface area contributed by atoms with E-state index in [1.54, 1.807) is 7.05 Å². The standard InChI is InChI=1S/C21H25N7O3.3H2/c1-13(8-14-6-4-3-5-7-14)25-21(31)26-17-9-16(22)15(10-24-17)19(23)20(30)28-11-18(29)27(2)12-28;;;/h3-7,9-10,13,23H,8,11-12H2,1-2H3,(H4,22,24,25,26,31);3*1H/t13-;;;/m1.../s1. The largest absolute Gasteiger partial charge is 0.398 e. The molecule has 1 saturated heterocycles. The van der Waals surface area contributed by atoms with Crippen LogP contribution in [0, 0.1) is 5.41 Å². The van der Waals surface area contributed by atoms with E-state index in [2.05, 4.69) is 15.6 Å². The monoisotopic (exact) mass is 429 g/mol. The molecule has 3 rings (SSSR count). The molecule has 1 atom stereocenters. The van der Waals surface area contributed by atoms with Gasteiger partial charge >= 0.3 is 6.03 Å². The number of rotatable bonds is 6. The molecule has 0 saturated carbocycles. The minimum atomic E-state index is -0.612. The first-order valence-corrected chi connectivity index (χ1v) is 9.73. The number of amides is 4. The molecule has 4 amide bonds. The van der Waals surface area contributed by atoms with Gasteiger partial charge in [0.25, 0.3) is 5.91 Å². The lowest BCUT2D eigenvalue weighted by Crippen LogP contribution is -2.37. The van der Waals surface area contributed by atoms with Crippen molar-refractivity contribution in [2.75, 3.05) is 31.3 Å². The van der Waals surface area contributed by atoms with Crippen LogP contribution in [-0.4, -0.2) is 64.6 Å². The molecule has 0 aliphatic carbocycles. The van der Waals surface area contributed by atoms with E-state index in [-0.39, 0.29) is 52.2 Å². The number of nitrogens with zero attached hydrogens (tertiary/aromatic N) is 3. The maximum atomic E-state index is 12.5. The molecule has 0 unspecified atom stereocenters. The van der Waals surface area contributed by atoms with Crippen LogP contribution in [0.1, 0.15) is 22.3 Å². The van der Waals surface area contributed by atoms with Gasteiger partial charge in [-0.05, 0) is 18.9 Å². The van der Waals surface area contributed by atoms with Crippen molar-refractivity contribution >= 4 is 35.1 Å². The zero-order valence-electron chi connectivity index (χ0n) is 17.4. The van der Waals surface area contributed by atoms with Gasteiger partial charge in [0.05, 0.1) is 6.67 Å². The van der Waals surface area contributed by atoms with Gasteiger partial charge in [-0.2, -0.15) is 0 Å². The van der Waals surface area contributed by atoms with Gasteiger partial charge in [0.2, 0.25) is 5.91 Å². The number of likely N-dealkylation sites (N-methyl/N-ethyl adjacent to an activating group) is 1. The molecule has 1 aromatic carbocycles. The summed E-state index contributed by atoms with van der Waals surface area (Å²) in [4.78, 5) is 43.1. The number of urea groups is 1. The van der Waals surface area contributed by atoms with Gasteiger partial charge < -0.3 is 20.9 Å². The Labute approximate surface area is 184 Å². The first-order valence-electron chi connectivity index (χ1n) is 9.73. The molecular weight excluding hydrogens is 398 g/mol. The average molecular weight is 430 g/mol. The average Bonchev–Trinajstić information content (AvgIpc) is 3.06. The van der Waals surface area contributed by atoms with Gasteiger partial charge in [0.1, 0.15) is 18.1 Å². The number of aromatic nitrogens is 1. The number of hydrogen-bond donors (Lipinski definition) is 4. The van der Waals surface area contributed by atoms with Crippen molar-refractivity contribution in [1.82, 2.24) is 20.1 Å². The molecule has 0 spiro atoms. The van der Waals surface area contributed by atoms with Crippen molar-refractivity contribution in [3.05, 3.63) is 53.7 Å². The van der Waals surface area contributed by atoms with E-state index in [1.807, 2.05) is 37.3 Å². The molecule has 10 heteroatoms. The second-order valence-corrected chi connectivity index (χ2v) is 7.46. The Kier molecular flexibility index (Phi) is 6.49. The lowest BCUT2D eigenvalue weighted by Gasteiger charge is -2.17. The summed E-state index contributed by atoms with van der Waals surface area (Å²) in [5, 5.41) is 13.6. The van der Waals surface area contributed by atoms with Crippen LogP contribution in [-0.2, 0) is 16.0 Å². The van der Waals surface area contributed by atoms with Crippen molar-refractivity contribution in [2.24, 2.45) is 0 Å². The highest BCUT2D eigenvalue weighted by Crippen LogP contribution is 2.17. The lowest BCUT2D eigenvalue weighted by molar-refractivity contribution is -0.127. The Bertz CT molecular complexity index is 1020. The minimum Gasteiger partial charge on any atom is -0.398 e. The molecule has 168 valence electrons. The number of benzene rings is 1. The number of hydrogen-bond acceptors (Lipinski definition) is 6. The Morgan fingerprint density at radius 1 is 1.32 bits per heavy atom. The van der Waals surface area contributed by atoms with Gasteiger partial charge in [-0.1, -0.05) is 30.3 Å². The van der Waals surface area contributed by atoms with Crippen LogP contribution in [0.15, 0.2) is 42.6 Å². The van der Waals surface area contributed by atoms with Crippen molar-refractivity contribution in [2.45, 2.75) is 19.4 Å². The summed E-state index contributed by atoms with van der Waals surface area (Å²) in [7, 11) is 1.58. The predicted molar refractivity (Wildman–Crippen MR) is 123 cm³/mol. The highest BCUT2D eigenvalue weighted by atomic mass is 16.2. The van der Waals surface area contributed by atoms with Crippen LogP contribution in [0.3, 0.4) is 0 Å². The predicted octanol–water partition coefficient (Wildman–Crippen LogP) is 1.78. The molecule has 10 nitrogen and oxygen atoms in total. The molecule has 31 heavy (non-hydrogen) atoms. The maximum Gasteiger partial charge on any atom is 0.320 e. The molecular formula is C21H31N7O3. The summed E-state index contributed by atoms with van der Waals surface area (Å²) in [6.45, 7) is 1.94. The zero-order valence-corrected chi connectivity index (χ0v) is 17.4. The lowest BCUT2D eigenvalue weighted by atomic mass is 10.1. The van der Waals surface area contributed by atoms with Gasteiger partial charge in [0, 0.05) is 40.9 Å². The van der Waals surface area contributed by atoms with E-state index in [0.717, 1.165) is 5.56 Å². The van der Waals surface area contributed by atoms with Crippen LogP contribution in [0.5, 0.6) is 0 Å². The summed E-state index contributed by atoms with van der Waals surface area (Å²) < 4.78 is 0. The molecule has 2 heterocycles. The number of carbonyl (C=O) groups excluding carboxylic acids is 3. The van der Waals surface area contributed by atoms with E-state index in [0.29, 0.717) is 6.42 Å². The fraction of sp³-hybridized carbons (Fsp3) is 0.286. The maximum absolute atomic E-state index is 12.5. The number of carbonyl (C=O) groups is 3. The van der Waals surface area contributed by atoms with Crippen LogP contribution in [0.4, 0.5) is 16.3 Å². The summed E-state index contributed by atoms with van der Waals surface area (Å²) in [5.41, 5.74) is 7.00. The molecule has 5 N–H and O–H groups in total. The fourth-order valence-corrected chi connectivity index (χ4v) is 3.22. The Morgan fingerprint density at radius 3 is 2.65 bits per heavy atom. The van der Waals surface area contributed by atoms with Crippen LogP contribution in [0.2, 0.25) is 0 Å². The SMILES string of the molecule is C[C@H](Cc1ccccc1)NC(=O)Nc1cc(N)c(C(=N)C(=O)N2CC(=O)N(C)C2)cn1.[HH].[HH].[HH]. The Balaban J connectivity index is 0.00000363. The molecule has 0 bridgehead atoms. The summed E-state index contributed by atoms with van der Waals surface area (Å²) >= 11 is 0. The molecule has 2 aromatic rings. The summed E-state index contributed by atoms with van der Waals surface area (Å²) in [5.74, 6) is -0.610. The summed E-state index contributed by atoms with van der Waals surface area (Å²) in [6, 6.07) is 10.6. The smallest absolute Gasteiger partial charge is 0.320 e. The first-order chi connectivity index (χ1) is 14.7. The molecule has 0 radical (unpaired) electrons. The third kappa shape index (κ3) is 5.35. The second-order valence-electron chi connectivity index (χ2n) is 7.46. The topological polar surface area (TPSA) is 145 Å². The van der Waals surface area contributed by atoms with E-state index in [4.69, 9.17) is 11.1 Å². The van der Waals surface area contributed by atoms with E-state index < -0.39 is 11.9 Å². The first kappa shape index (κ1) is 21.8. The third-order valence-corrected chi connectivity index (χ3v) is 4.84. The Morgan fingerprint density at radius 2 is 2.03 bits per heavy atom. The highest BCUT2D eigenvalue weighted by molar-refractivity contribution is 6.45. The number of anilines is 2. The molecule has 1 aliphatic heterocycles. The van der Waals surface area contributed by atoms with Gasteiger partial charge in [0.15, 0.2) is 0 Å². The normalized spacial score (nSPS) is 14.3. The van der Waals surface area contributed by atoms with Crippen molar-refractivity contribution in [3.8, 4) is 0 Å². The number of nitrogens with two attached hydrogens (primary N) is 1. The highest BCUT2D eigenvalue weighted by Gasteiger charge is 2.31. The van der Waals surface area contributed by atoms with Crippen LogP contribution in [0.25, 0.3) is 0 Å². The number of pyridine rings is 1. The summed E-state index contributed by atoms with van der Waals surface area (Å²) in [6.07, 6.45) is 1.94. The van der Waals surface area contributed by atoms with E-state index in [9.17, 15) is 14.4 Å². The Hall–Kier alpha value is -3.95. The van der Waals surface area contributed by atoms with Gasteiger partial charge in [-0.3, -0.25) is 20.3 Å². The third-order valence-electron chi connectivity index (χ3n) is 4.84. The van der Waals surface area contributed by atoms with E-state index in [1.165, 1.54) is 22.1 Å². The van der Waals surface area contributed by atoms with Gasteiger partial charge in [-0.15, -0.1) is 0 Å². The van der Waals surface area contributed by atoms with Crippen LogP contribution >= 0.6 is 0 Å². The minimum absolute atomic E-state index is 0. The van der Waals surface area contributed by atoms with Crippen molar-refractivity contribution in [3.63, 3.8) is 0 Å². The second kappa shape index (κ2) is 9.24. The van der Waals surface area contributed by atoms with Crippen molar-refractivity contribution < 1.29 is 18.7 Å². The zero-order chi connectivity index (χ0) is 22.5. The van der Waals surface area contributed by atoms with E-state index >= 15 is 0 Å². The molecule has 1 aromatic heterocycles. The van der Waals surface area contributed by atoms with Crippen LogP contribution < -0.4 is 16.4 Å². The molecule has 1 aliphatic rings.